The van der Waals surface area contributed by atoms with Gasteiger partial charge in [0.1, 0.15) is 6.07 Å². The van der Waals surface area contributed by atoms with Crippen LogP contribution in [0.5, 0.6) is 0 Å². The van der Waals surface area contributed by atoms with E-state index in [1.165, 1.54) is 0 Å². The Morgan fingerprint density at radius 3 is 2.32 bits per heavy atom. The molecule has 0 radical (unpaired) electrons. The molecular weight excluding hydrogens is 240 g/mol. The summed E-state index contributed by atoms with van der Waals surface area (Å²) in [6, 6.07) is 7.28. The van der Waals surface area contributed by atoms with Gasteiger partial charge in [-0.15, -0.1) is 0 Å². The Balaban J connectivity index is 2.49. The largest absolute Gasteiger partial charge is 0.274 e. The number of benzene rings is 1. The minimum absolute atomic E-state index is 0.233. The zero-order chi connectivity index (χ0) is 14.2. The molecule has 2 amide bonds. The monoisotopic (exact) mass is 256 g/mol. The second-order valence-corrected chi connectivity index (χ2v) is 5.72. The van der Waals surface area contributed by atoms with Crippen molar-refractivity contribution in [2.45, 2.75) is 33.6 Å². The van der Waals surface area contributed by atoms with E-state index in [1.54, 1.807) is 25.1 Å². The first-order chi connectivity index (χ1) is 8.85. The molecule has 0 bridgehead atoms. The molecule has 0 unspecified atom stereocenters. The number of amides is 2. The fraction of sp³-hybridized carbons (Fsp3) is 0.400. The van der Waals surface area contributed by atoms with Crippen molar-refractivity contribution < 1.29 is 9.59 Å². The number of carbonyl (C=O) groups is 2. The molecule has 4 heteroatoms. The van der Waals surface area contributed by atoms with Crippen molar-refractivity contribution in [1.29, 1.82) is 5.26 Å². The lowest BCUT2D eigenvalue weighted by Gasteiger charge is -2.35. The first-order valence-corrected chi connectivity index (χ1v) is 6.21. The van der Waals surface area contributed by atoms with Gasteiger partial charge in [-0.05, 0) is 24.0 Å². The van der Waals surface area contributed by atoms with Crippen molar-refractivity contribution in [3.63, 3.8) is 0 Å². The maximum Gasteiger partial charge on any atom is 0.234 e. The molecule has 1 heterocycles. The van der Waals surface area contributed by atoms with Gasteiger partial charge < -0.3 is 0 Å². The molecular formula is C15H16N2O2. The quantitative estimate of drug-likeness (QED) is 0.725. The van der Waals surface area contributed by atoms with Gasteiger partial charge in [-0.1, -0.05) is 26.0 Å². The zero-order valence-corrected chi connectivity index (χ0v) is 11.4. The molecule has 1 fully saturated rings. The van der Waals surface area contributed by atoms with Crippen LogP contribution < -0.4 is 4.90 Å². The Bertz CT molecular complexity index is 577. The second-order valence-electron chi connectivity index (χ2n) is 5.72. The van der Waals surface area contributed by atoms with Gasteiger partial charge in [0.15, 0.2) is 0 Å². The van der Waals surface area contributed by atoms with Crippen LogP contribution in [0, 0.1) is 23.7 Å². The number of aryl methyl sites for hydroxylation is 1. The van der Waals surface area contributed by atoms with E-state index in [0.717, 1.165) is 10.5 Å². The van der Waals surface area contributed by atoms with Gasteiger partial charge in [-0.3, -0.25) is 9.59 Å². The SMILES string of the molecule is Cc1cccc(N2C(=O)CC(C)(C)CC2=O)c1C#N. The minimum atomic E-state index is -0.304. The predicted molar refractivity (Wildman–Crippen MR) is 71.4 cm³/mol. The Morgan fingerprint density at radius 2 is 1.79 bits per heavy atom. The van der Waals surface area contributed by atoms with Gasteiger partial charge in [0.05, 0.1) is 11.3 Å². The van der Waals surface area contributed by atoms with Gasteiger partial charge in [0.25, 0.3) is 0 Å². The highest BCUT2D eigenvalue weighted by molar-refractivity contribution is 6.17. The molecule has 2 rings (SSSR count). The van der Waals surface area contributed by atoms with Gasteiger partial charge in [-0.2, -0.15) is 5.26 Å². The lowest BCUT2D eigenvalue weighted by molar-refractivity contribution is -0.132. The number of rotatable bonds is 1. The van der Waals surface area contributed by atoms with Crippen LogP contribution in [0.1, 0.15) is 37.8 Å². The van der Waals surface area contributed by atoms with Crippen molar-refractivity contribution >= 4 is 17.5 Å². The second kappa shape index (κ2) is 4.51. The molecule has 1 aliphatic rings. The highest BCUT2D eigenvalue weighted by Crippen LogP contribution is 2.35. The Hall–Kier alpha value is -2.15. The predicted octanol–water partition coefficient (Wildman–Crippen LogP) is 2.55. The normalized spacial score (nSPS) is 18.3. The minimum Gasteiger partial charge on any atom is -0.274 e. The van der Waals surface area contributed by atoms with Crippen molar-refractivity contribution in [3.05, 3.63) is 29.3 Å². The molecule has 1 aliphatic heterocycles. The molecule has 1 aromatic rings. The van der Waals surface area contributed by atoms with Gasteiger partial charge in [0, 0.05) is 12.8 Å². The average molecular weight is 256 g/mol. The van der Waals surface area contributed by atoms with E-state index in [4.69, 9.17) is 0 Å². The third-order valence-corrected chi connectivity index (χ3v) is 3.36. The van der Waals surface area contributed by atoms with E-state index in [1.807, 2.05) is 13.8 Å². The Labute approximate surface area is 112 Å². The van der Waals surface area contributed by atoms with Crippen LogP contribution in [0.3, 0.4) is 0 Å². The van der Waals surface area contributed by atoms with Crippen molar-refractivity contribution in [1.82, 2.24) is 0 Å². The lowest BCUT2D eigenvalue weighted by Crippen LogP contribution is -2.46. The van der Waals surface area contributed by atoms with Crippen molar-refractivity contribution in [3.8, 4) is 6.07 Å². The number of imide groups is 1. The van der Waals surface area contributed by atoms with Crippen LogP contribution in [-0.2, 0) is 9.59 Å². The van der Waals surface area contributed by atoms with Crippen LogP contribution in [-0.4, -0.2) is 11.8 Å². The van der Waals surface area contributed by atoms with Gasteiger partial charge in [-0.25, -0.2) is 4.90 Å². The number of carbonyl (C=O) groups excluding carboxylic acids is 2. The molecule has 0 saturated carbocycles. The summed E-state index contributed by atoms with van der Waals surface area (Å²) >= 11 is 0. The summed E-state index contributed by atoms with van der Waals surface area (Å²) in [7, 11) is 0. The first kappa shape index (κ1) is 13.3. The third-order valence-electron chi connectivity index (χ3n) is 3.36. The molecule has 1 saturated heterocycles. The first-order valence-electron chi connectivity index (χ1n) is 6.21. The smallest absolute Gasteiger partial charge is 0.234 e. The molecule has 0 N–H and O–H groups in total. The zero-order valence-electron chi connectivity index (χ0n) is 11.4. The van der Waals surface area contributed by atoms with E-state index in [-0.39, 0.29) is 17.2 Å². The van der Waals surface area contributed by atoms with Crippen LogP contribution >= 0.6 is 0 Å². The molecule has 0 spiro atoms. The Kier molecular flexibility index (Phi) is 3.15. The summed E-state index contributed by atoms with van der Waals surface area (Å²) in [5.41, 5.74) is 1.27. The maximum absolute atomic E-state index is 12.2. The average Bonchev–Trinajstić information content (AvgIpc) is 2.26. The standard InChI is InChI=1S/C15H16N2O2/c1-10-5-4-6-12(11(10)9-16)17-13(18)7-15(2,3)8-14(17)19/h4-6H,7-8H2,1-3H3. The molecule has 0 aromatic heterocycles. The van der Waals surface area contributed by atoms with E-state index in [9.17, 15) is 14.9 Å². The lowest BCUT2D eigenvalue weighted by atomic mass is 9.81. The van der Waals surface area contributed by atoms with E-state index in [0.29, 0.717) is 24.1 Å². The summed E-state index contributed by atoms with van der Waals surface area (Å²) in [6.45, 7) is 5.61. The maximum atomic E-state index is 12.2. The van der Waals surface area contributed by atoms with Crippen LogP contribution in [0.15, 0.2) is 18.2 Å². The Morgan fingerprint density at radius 1 is 1.21 bits per heavy atom. The fourth-order valence-electron chi connectivity index (χ4n) is 2.43. The van der Waals surface area contributed by atoms with E-state index >= 15 is 0 Å². The number of anilines is 1. The molecule has 4 nitrogen and oxygen atoms in total. The molecule has 1 aromatic carbocycles. The van der Waals surface area contributed by atoms with E-state index in [2.05, 4.69) is 6.07 Å². The number of hydrogen-bond donors (Lipinski definition) is 0. The highest BCUT2D eigenvalue weighted by Gasteiger charge is 2.39. The third kappa shape index (κ3) is 2.37. The number of nitriles is 1. The van der Waals surface area contributed by atoms with Gasteiger partial charge in [0.2, 0.25) is 11.8 Å². The van der Waals surface area contributed by atoms with Crippen LogP contribution in [0.25, 0.3) is 0 Å². The van der Waals surface area contributed by atoms with Gasteiger partial charge >= 0.3 is 0 Å². The van der Waals surface area contributed by atoms with E-state index < -0.39 is 0 Å². The molecule has 0 atom stereocenters. The number of nitrogens with zero attached hydrogens (tertiary/aromatic N) is 2. The highest BCUT2D eigenvalue weighted by atomic mass is 16.2. The summed E-state index contributed by atoms with van der Waals surface area (Å²) in [5, 5.41) is 9.21. The summed E-state index contributed by atoms with van der Waals surface area (Å²) in [5.74, 6) is -0.466. The van der Waals surface area contributed by atoms with Crippen molar-refractivity contribution in [2.75, 3.05) is 4.90 Å². The van der Waals surface area contributed by atoms with Crippen LogP contribution in [0.2, 0.25) is 0 Å². The topological polar surface area (TPSA) is 61.2 Å². The molecule has 98 valence electrons. The number of hydrogen-bond acceptors (Lipinski definition) is 3. The number of piperidine rings is 1. The summed E-state index contributed by atoms with van der Waals surface area (Å²) in [4.78, 5) is 25.6. The summed E-state index contributed by atoms with van der Waals surface area (Å²) in [6.07, 6.45) is 0.634. The van der Waals surface area contributed by atoms with Crippen molar-refractivity contribution in [2.24, 2.45) is 5.41 Å². The molecule has 19 heavy (non-hydrogen) atoms. The summed E-state index contributed by atoms with van der Waals surface area (Å²) < 4.78 is 0. The van der Waals surface area contributed by atoms with Crippen LogP contribution in [0.4, 0.5) is 5.69 Å². The fourth-order valence-corrected chi connectivity index (χ4v) is 2.43. The molecule has 0 aliphatic carbocycles.